The van der Waals surface area contributed by atoms with Gasteiger partial charge in [0.05, 0.1) is 11.4 Å². The smallest absolute Gasteiger partial charge is 0.232 e. The van der Waals surface area contributed by atoms with E-state index >= 15 is 0 Å². The fraction of sp³-hybridized carbons (Fsp3) is 0.571. The maximum Gasteiger partial charge on any atom is 0.232 e. The number of rotatable bonds is 5. The quantitative estimate of drug-likeness (QED) is 0.878. The highest BCUT2D eigenvalue weighted by Gasteiger charge is 2.18. The van der Waals surface area contributed by atoms with Crippen LogP contribution in [0.1, 0.15) is 31.2 Å². The number of aryl methyl sites for hydroxylation is 1. The standard InChI is InChI=1S/C14H21FN2O2S/c1-11-5-6-12(15)10-14(11)17-20(18,19)9-7-13-4-2-3-8-16-13/h5-6,10,13,16-17H,2-4,7-9H2,1H3. The Balaban J connectivity index is 1.94. The van der Waals surface area contributed by atoms with E-state index in [1.807, 2.05) is 0 Å². The highest BCUT2D eigenvalue weighted by Crippen LogP contribution is 2.18. The van der Waals surface area contributed by atoms with Crippen LogP contribution < -0.4 is 10.0 Å². The summed E-state index contributed by atoms with van der Waals surface area (Å²) in [6.07, 6.45) is 3.91. The normalized spacial score (nSPS) is 19.8. The van der Waals surface area contributed by atoms with Crippen LogP contribution in [-0.2, 0) is 10.0 Å². The highest BCUT2D eigenvalue weighted by molar-refractivity contribution is 7.92. The van der Waals surface area contributed by atoms with Crippen molar-refractivity contribution in [3.63, 3.8) is 0 Å². The van der Waals surface area contributed by atoms with Crippen LogP contribution in [0.5, 0.6) is 0 Å². The van der Waals surface area contributed by atoms with Gasteiger partial charge in [0.25, 0.3) is 0 Å². The van der Waals surface area contributed by atoms with Crippen molar-refractivity contribution in [3.05, 3.63) is 29.6 Å². The SMILES string of the molecule is Cc1ccc(F)cc1NS(=O)(=O)CCC1CCCCN1. The largest absolute Gasteiger partial charge is 0.314 e. The molecule has 1 aromatic carbocycles. The molecule has 0 amide bonds. The van der Waals surface area contributed by atoms with E-state index in [1.54, 1.807) is 13.0 Å². The minimum Gasteiger partial charge on any atom is -0.314 e. The molecule has 1 atom stereocenters. The lowest BCUT2D eigenvalue weighted by Crippen LogP contribution is -2.36. The second kappa shape index (κ2) is 6.54. The van der Waals surface area contributed by atoms with E-state index in [2.05, 4.69) is 10.0 Å². The number of halogens is 1. The zero-order valence-corrected chi connectivity index (χ0v) is 12.5. The van der Waals surface area contributed by atoms with Gasteiger partial charge >= 0.3 is 0 Å². The summed E-state index contributed by atoms with van der Waals surface area (Å²) in [5.41, 5.74) is 1.03. The molecule has 1 aliphatic heterocycles. The van der Waals surface area contributed by atoms with E-state index in [0.717, 1.165) is 25.8 Å². The Morgan fingerprint density at radius 3 is 2.90 bits per heavy atom. The lowest BCUT2D eigenvalue weighted by atomic mass is 10.0. The zero-order chi connectivity index (χ0) is 14.6. The van der Waals surface area contributed by atoms with E-state index in [0.29, 0.717) is 17.7 Å². The van der Waals surface area contributed by atoms with Crippen LogP contribution in [0.15, 0.2) is 18.2 Å². The average Bonchev–Trinajstić information content (AvgIpc) is 2.42. The predicted molar refractivity (Wildman–Crippen MR) is 78.8 cm³/mol. The number of sulfonamides is 1. The molecule has 1 unspecified atom stereocenters. The second-order valence-electron chi connectivity index (χ2n) is 5.32. The molecule has 20 heavy (non-hydrogen) atoms. The molecule has 1 fully saturated rings. The Hall–Kier alpha value is -1.14. The summed E-state index contributed by atoms with van der Waals surface area (Å²) in [4.78, 5) is 0. The lowest BCUT2D eigenvalue weighted by Gasteiger charge is -2.23. The Morgan fingerprint density at radius 1 is 1.40 bits per heavy atom. The third kappa shape index (κ3) is 4.45. The molecule has 0 saturated carbocycles. The zero-order valence-electron chi connectivity index (χ0n) is 11.7. The Morgan fingerprint density at radius 2 is 2.20 bits per heavy atom. The molecule has 6 heteroatoms. The molecule has 2 N–H and O–H groups in total. The summed E-state index contributed by atoms with van der Waals surface area (Å²) < 4.78 is 39.7. The average molecular weight is 300 g/mol. The topological polar surface area (TPSA) is 58.2 Å². The first-order valence-corrected chi connectivity index (χ1v) is 8.61. The number of benzene rings is 1. The molecular weight excluding hydrogens is 279 g/mol. The molecule has 0 aliphatic carbocycles. The van der Waals surface area contributed by atoms with Crippen LogP contribution >= 0.6 is 0 Å². The van der Waals surface area contributed by atoms with Crippen molar-refractivity contribution >= 4 is 15.7 Å². The van der Waals surface area contributed by atoms with Crippen LogP contribution in [-0.4, -0.2) is 26.8 Å². The van der Waals surface area contributed by atoms with Gasteiger partial charge in [-0.2, -0.15) is 0 Å². The predicted octanol–water partition coefficient (Wildman–Crippen LogP) is 2.41. The van der Waals surface area contributed by atoms with Gasteiger partial charge in [-0.25, -0.2) is 12.8 Å². The number of hydrogen-bond donors (Lipinski definition) is 2. The van der Waals surface area contributed by atoms with Crippen LogP contribution in [0, 0.1) is 12.7 Å². The summed E-state index contributed by atoms with van der Waals surface area (Å²) in [5.74, 6) is -0.386. The second-order valence-corrected chi connectivity index (χ2v) is 7.16. The van der Waals surface area contributed by atoms with Crippen LogP contribution in [0.25, 0.3) is 0 Å². The van der Waals surface area contributed by atoms with Gasteiger partial charge in [-0.05, 0) is 50.4 Å². The first-order valence-electron chi connectivity index (χ1n) is 6.96. The number of piperidine rings is 1. The summed E-state index contributed by atoms with van der Waals surface area (Å²) in [7, 11) is -3.43. The molecule has 0 bridgehead atoms. The fourth-order valence-electron chi connectivity index (χ4n) is 2.39. The highest BCUT2D eigenvalue weighted by atomic mass is 32.2. The van der Waals surface area contributed by atoms with Crippen LogP contribution in [0.3, 0.4) is 0 Å². The van der Waals surface area contributed by atoms with Crippen molar-refractivity contribution < 1.29 is 12.8 Å². The number of nitrogens with one attached hydrogen (secondary N) is 2. The molecule has 112 valence electrons. The Bertz CT molecular complexity index is 554. The van der Waals surface area contributed by atoms with Gasteiger partial charge in [-0.1, -0.05) is 12.5 Å². The third-order valence-electron chi connectivity index (χ3n) is 3.61. The fourth-order valence-corrected chi connectivity index (χ4v) is 3.64. The van der Waals surface area contributed by atoms with Crippen molar-refractivity contribution in [1.82, 2.24) is 5.32 Å². The van der Waals surface area contributed by atoms with Gasteiger partial charge in [-0.3, -0.25) is 4.72 Å². The van der Waals surface area contributed by atoms with E-state index in [9.17, 15) is 12.8 Å². The van der Waals surface area contributed by atoms with Crippen molar-refractivity contribution in [2.45, 2.75) is 38.6 Å². The van der Waals surface area contributed by atoms with E-state index in [1.165, 1.54) is 12.1 Å². The summed E-state index contributed by atoms with van der Waals surface area (Å²) in [6, 6.07) is 4.37. The molecule has 0 aromatic heterocycles. The van der Waals surface area contributed by atoms with Gasteiger partial charge in [0.15, 0.2) is 0 Å². The lowest BCUT2D eigenvalue weighted by molar-refractivity contribution is 0.393. The Labute approximate surface area is 119 Å². The van der Waals surface area contributed by atoms with Crippen molar-refractivity contribution in [3.8, 4) is 0 Å². The van der Waals surface area contributed by atoms with E-state index in [4.69, 9.17) is 0 Å². The molecule has 1 aromatic rings. The van der Waals surface area contributed by atoms with Gasteiger partial charge in [0.1, 0.15) is 5.82 Å². The van der Waals surface area contributed by atoms with Crippen LogP contribution in [0.2, 0.25) is 0 Å². The third-order valence-corrected chi connectivity index (χ3v) is 4.92. The van der Waals surface area contributed by atoms with Crippen molar-refractivity contribution in [2.75, 3.05) is 17.0 Å². The molecule has 1 aliphatic rings. The van der Waals surface area contributed by atoms with Gasteiger partial charge in [-0.15, -0.1) is 0 Å². The molecule has 2 rings (SSSR count). The van der Waals surface area contributed by atoms with E-state index < -0.39 is 15.8 Å². The molecule has 0 spiro atoms. The summed E-state index contributed by atoms with van der Waals surface area (Å²) in [6.45, 7) is 2.71. The maximum atomic E-state index is 13.2. The van der Waals surface area contributed by atoms with Gasteiger partial charge in [0.2, 0.25) is 10.0 Å². The number of anilines is 1. The molecule has 0 radical (unpaired) electrons. The Kier molecular flexibility index (Phi) is 4.99. The summed E-state index contributed by atoms with van der Waals surface area (Å²) in [5, 5.41) is 3.32. The monoisotopic (exact) mass is 300 g/mol. The number of hydrogen-bond acceptors (Lipinski definition) is 3. The minimum atomic E-state index is -3.43. The van der Waals surface area contributed by atoms with E-state index in [-0.39, 0.29) is 11.8 Å². The first kappa shape index (κ1) is 15.3. The van der Waals surface area contributed by atoms with Gasteiger partial charge < -0.3 is 5.32 Å². The minimum absolute atomic E-state index is 0.0562. The van der Waals surface area contributed by atoms with Crippen molar-refractivity contribution in [1.29, 1.82) is 0 Å². The molecular formula is C14H21FN2O2S. The molecule has 4 nitrogen and oxygen atoms in total. The summed E-state index contributed by atoms with van der Waals surface area (Å²) >= 11 is 0. The molecule has 1 saturated heterocycles. The first-order chi connectivity index (χ1) is 9.46. The van der Waals surface area contributed by atoms with Crippen molar-refractivity contribution in [2.24, 2.45) is 0 Å². The van der Waals surface area contributed by atoms with Gasteiger partial charge in [0, 0.05) is 6.04 Å². The maximum absolute atomic E-state index is 13.2. The molecule has 1 heterocycles. The van der Waals surface area contributed by atoms with Crippen LogP contribution in [0.4, 0.5) is 10.1 Å².